The molecule has 5 heteroatoms. The van der Waals surface area contributed by atoms with Crippen molar-refractivity contribution in [3.63, 3.8) is 0 Å². The van der Waals surface area contributed by atoms with Gasteiger partial charge >= 0.3 is 6.09 Å². The Morgan fingerprint density at radius 3 is 2.53 bits per heavy atom. The third-order valence-electron chi connectivity index (χ3n) is 3.64. The normalized spacial score (nSPS) is 30.7. The molecule has 5 nitrogen and oxygen atoms in total. The van der Waals surface area contributed by atoms with E-state index in [1.165, 1.54) is 0 Å². The van der Waals surface area contributed by atoms with E-state index in [1.807, 2.05) is 25.7 Å². The summed E-state index contributed by atoms with van der Waals surface area (Å²) in [6.45, 7) is 13.4. The summed E-state index contributed by atoms with van der Waals surface area (Å²) in [5.74, 6) is 0. The van der Waals surface area contributed by atoms with Crippen LogP contribution < -0.4 is 10.6 Å². The monoisotopic (exact) mass is 269 g/mol. The highest BCUT2D eigenvalue weighted by Gasteiger charge is 2.45. The molecule has 1 atom stereocenters. The van der Waals surface area contributed by atoms with Crippen molar-refractivity contribution in [3.05, 3.63) is 0 Å². The molecule has 1 spiro atoms. The van der Waals surface area contributed by atoms with E-state index in [1.54, 1.807) is 0 Å². The van der Waals surface area contributed by atoms with Crippen LogP contribution >= 0.6 is 0 Å². The van der Waals surface area contributed by atoms with Gasteiger partial charge in [0.25, 0.3) is 0 Å². The Morgan fingerprint density at radius 1 is 1.26 bits per heavy atom. The molecule has 2 saturated heterocycles. The van der Waals surface area contributed by atoms with Gasteiger partial charge in [-0.2, -0.15) is 0 Å². The zero-order valence-corrected chi connectivity index (χ0v) is 12.8. The number of carbonyl (C=O) groups is 1. The molecule has 0 saturated carbocycles. The lowest BCUT2D eigenvalue weighted by atomic mass is 9.89. The first kappa shape index (κ1) is 14.6. The predicted molar refractivity (Wildman–Crippen MR) is 75.2 cm³/mol. The van der Waals surface area contributed by atoms with Gasteiger partial charge in [-0.15, -0.1) is 0 Å². The van der Waals surface area contributed by atoms with Crippen LogP contribution in [-0.2, 0) is 4.74 Å². The number of ether oxygens (including phenoxy) is 1. The van der Waals surface area contributed by atoms with Gasteiger partial charge in [-0.05, 0) is 41.0 Å². The standard InChI is InChI=1S/C14H27N3O2/c1-12(2,3)19-11(18)17-7-6-14(10-17)9-15-8-13(4,5)16-14/h15-16H,6-10H2,1-5H3. The zero-order chi connectivity index (χ0) is 14.3. The molecule has 1 unspecified atom stereocenters. The number of hydrogen-bond acceptors (Lipinski definition) is 4. The van der Waals surface area contributed by atoms with E-state index in [-0.39, 0.29) is 17.2 Å². The van der Waals surface area contributed by atoms with E-state index in [9.17, 15) is 4.79 Å². The fourth-order valence-corrected chi connectivity index (χ4v) is 3.02. The van der Waals surface area contributed by atoms with Crippen molar-refractivity contribution in [1.29, 1.82) is 0 Å². The van der Waals surface area contributed by atoms with Crippen LogP contribution in [0.25, 0.3) is 0 Å². The molecule has 1 amide bonds. The Labute approximate surface area is 116 Å². The maximum absolute atomic E-state index is 12.1. The maximum Gasteiger partial charge on any atom is 0.410 e. The minimum atomic E-state index is -0.426. The predicted octanol–water partition coefficient (Wildman–Crippen LogP) is 1.34. The van der Waals surface area contributed by atoms with Gasteiger partial charge in [0, 0.05) is 31.7 Å². The van der Waals surface area contributed by atoms with E-state index in [2.05, 4.69) is 24.5 Å². The fraction of sp³-hybridized carbons (Fsp3) is 0.929. The van der Waals surface area contributed by atoms with Gasteiger partial charge in [0.15, 0.2) is 0 Å². The Hall–Kier alpha value is -0.810. The van der Waals surface area contributed by atoms with E-state index >= 15 is 0 Å². The number of likely N-dealkylation sites (tertiary alicyclic amines) is 1. The minimum absolute atomic E-state index is 0.00134. The van der Waals surface area contributed by atoms with Crippen molar-refractivity contribution in [2.24, 2.45) is 0 Å². The van der Waals surface area contributed by atoms with E-state index in [0.717, 1.165) is 32.6 Å². The second-order valence-electron chi connectivity index (χ2n) is 7.54. The van der Waals surface area contributed by atoms with Crippen molar-refractivity contribution >= 4 is 6.09 Å². The molecule has 2 aliphatic rings. The molecular formula is C14H27N3O2. The second kappa shape index (κ2) is 4.63. The van der Waals surface area contributed by atoms with E-state index in [0.29, 0.717) is 0 Å². The number of nitrogens with zero attached hydrogens (tertiary/aromatic N) is 1. The van der Waals surface area contributed by atoms with Gasteiger partial charge in [0.1, 0.15) is 5.60 Å². The molecule has 0 aromatic rings. The Bertz CT molecular complexity index is 362. The summed E-state index contributed by atoms with van der Waals surface area (Å²) in [7, 11) is 0. The van der Waals surface area contributed by atoms with Crippen molar-refractivity contribution in [2.75, 3.05) is 26.2 Å². The molecule has 2 fully saturated rings. The smallest absolute Gasteiger partial charge is 0.410 e. The molecule has 0 radical (unpaired) electrons. The van der Waals surface area contributed by atoms with Crippen LogP contribution in [0, 0.1) is 0 Å². The van der Waals surface area contributed by atoms with E-state index < -0.39 is 5.60 Å². The SMILES string of the molecule is CC1(C)CNCC2(CCN(C(=O)OC(C)(C)C)C2)N1. The fourth-order valence-electron chi connectivity index (χ4n) is 3.02. The first-order valence-electron chi connectivity index (χ1n) is 7.09. The molecule has 2 rings (SSSR count). The third kappa shape index (κ3) is 3.60. The van der Waals surface area contributed by atoms with Crippen LogP contribution in [0.4, 0.5) is 4.79 Å². The van der Waals surface area contributed by atoms with Gasteiger partial charge in [0.05, 0.1) is 5.54 Å². The minimum Gasteiger partial charge on any atom is -0.444 e. The molecule has 0 aromatic heterocycles. The van der Waals surface area contributed by atoms with Crippen LogP contribution in [0.1, 0.15) is 41.0 Å². The van der Waals surface area contributed by atoms with E-state index in [4.69, 9.17) is 4.74 Å². The molecular weight excluding hydrogens is 242 g/mol. The van der Waals surface area contributed by atoms with Crippen molar-refractivity contribution in [1.82, 2.24) is 15.5 Å². The summed E-state index contributed by atoms with van der Waals surface area (Å²) in [6, 6.07) is 0. The van der Waals surface area contributed by atoms with Crippen molar-refractivity contribution < 1.29 is 9.53 Å². The average molecular weight is 269 g/mol. The first-order chi connectivity index (χ1) is 8.61. The Balaban J connectivity index is 1.98. The summed E-state index contributed by atoms with van der Waals surface area (Å²) in [6.07, 6.45) is 0.775. The second-order valence-corrected chi connectivity index (χ2v) is 7.54. The highest BCUT2D eigenvalue weighted by molar-refractivity contribution is 5.68. The Kier molecular flexibility index (Phi) is 3.56. The van der Waals surface area contributed by atoms with Crippen LogP contribution in [0.15, 0.2) is 0 Å². The van der Waals surface area contributed by atoms with Crippen molar-refractivity contribution in [3.8, 4) is 0 Å². The summed E-state index contributed by atoms with van der Waals surface area (Å²) < 4.78 is 5.45. The highest BCUT2D eigenvalue weighted by Crippen LogP contribution is 2.27. The molecule has 110 valence electrons. The van der Waals surface area contributed by atoms with Crippen molar-refractivity contribution in [2.45, 2.75) is 57.7 Å². The average Bonchev–Trinajstić information content (AvgIpc) is 2.57. The maximum atomic E-state index is 12.1. The summed E-state index contributed by atoms with van der Waals surface area (Å²) in [5.41, 5.74) is -0.356. The highest BCUT2D eigenvalue weighted by atomic mass is 16.6. The lowest BCUT2D eigenvalue weighted by Gasteiger charge is -2.44. The zero-order valence-electron chi connectivity index (χ0n) is 12.8. The number of hydrogen-bond donors (Lipinski definition) is 2. The van der Waals surface area contributed by atoms with Gasteiger partial charge < -0.3 is 20.3 Å². The van der Waals surface area contributed by atoms with Crippen LogP contribution in [0.3, 0.4) is 0 Å². The third-order valence-corrected chi connectivity index (χ3v) is 3.64. The topological polar surface area (TPSA) is 53.6 Å². The lowest BCUT2D eigenvalue weighted by molar-refractivity contribution is 0.0270. The molecule has 2 N–H and O–H groups in total. The van der Waals surface area contributed by atoms with Crippen LogP contribution in [0.2, 0.25) is 0 Å². The summed E-state index contributed by atoms with van der Waals surface area (Å²) >= 11 is 0. The van der Waals surface area contributed by atoms with Crippen LogP contribution in [-0.4, -0.2) is 53.9 Å². The summed E-state index contributed by atoms with van der Waals surface area (Å²) in [4.78, 5) is 13.9. The van der Waals surface area contributed by atoms with Crippen LogP contribution in [0.5, 0.6) is 0 Å². The number of amides is 1. The quantitative estimate of drug-likeness (QED) is 0.697. The summed E-state index contributed by atoms with van der Waals surface area (Å²) in [5, 5.41) is 7.18. The lowest BCUT2D eigenvalue weighted by Crippen LogP contribution is -2.69. The molecule has 2 aliphatic heterocycles. The number of rotatable bonds is 0. The van der Waals surface area contributed by atoms with Gasteiger partial charge in [-0.25, -0.2) is 4.79 Å². The largest absolute Gasteiger partial charge is 0.444 e. The molecule has 0 aromatic carbocycles. The molecule has 19 heavy (non-hydrogen) atoms. The van der Waals surface area contributed by atoms with Gasteiger partial charge in [-0.1, -0.05) is 0 Å². The van der Waals surface area contributed by atoms with Gasteiger partial charge in [-0.3, -0.25) is 0 Å². The molecule has 0 aliphatic carbocycles. The number of piperazine rings is 1. The first-order valence-corrected chi connectivity index (χ1v) is 7.09. The molecule has 2 heterocycles. The van der Waals surface area contributed by atoms with Gasteiger partial charge in [0.2, 0.25) is 0 Å². The number of nitrogens with one attached hydrogen (secondary N) is 2. The Morgan fingerprint density at radius 2 is 1.95 bits per heavy atom. The number of carbonyl (C=O) groups excluding carboxylic acids is 1. The molecule has 0 bridgehead atoms.